The van der Waals surface area contributed by atoms with Gasteiger partial charge in [0.25, 0.3) is 0 Å². The third kappa shape index (κ3) is 3.54. The van der Waals surface area contributed by atoms with Crippen LogP contribution >= 0.6 is 11.8 Å². The molecule has 30 heavy (non-hydrogen) atoms. The fourth-order valence-electron chi connectivity index (χ4n) is 6.74. The molecule has 5 aliphatic rings. The lowest BCUT2D eigenvalue weighted by molar-refractivity contribution is -0.148. The fraction of sp³-hybridized carbons (Fsp3) is 0.652. The van der Waals surface area contributed by atoms with E-state index in [2.05, 4.69) is 10.2 Å². The van der Waals surface area contributed by atoms with Gasteiger partial charge in [-0.3, -0.25) is 14.5 Å². The number of hydrogen-bond donors (Lipinski definition) is 2. The third-order valence-corrected chi connectivity index (χ3v) is 9.00. The number of halogens is 1. The van der Waals surface area contributed by atoms with Gasteiger partial charge in [0.05, 0.1) is 6.04 Å². The standard InChI is InChI=1S/C23H30FN3O2S/c24-18-4-2-1-3-15(18)12-27-5-6-30-13-19(27)21(28)26-20-16-7-14-8-17(20)11-23(9-14,10-16)22(25)29/h1-4,14,16-17,19-20H,5-13H2,(H2,25,29)(H,26,28). The molecule has 0 aromatic heterocycles. The summed E-state index contributed by atoms with van der Waals surface area (Å²) in [6.45, 7) is 1.23. The maximum Gasteiger partial charge on any atom is 0.238 e. The van der Waals surface area contributed by atoms with E-state index in [0.29, 0.717) is 29.9 Å². The maximum atomic E-state index is 14.2. The molecule has 1 aromatic rings. The minimum absolute atomic E-state index is 0.0594. The Morgan fingerprint density at radius 1 is 1.20 bits per heavy atom. The average Bonchev–Trinajstić information content (AvgIpc) is 2.72. The van der Waals surface area contributed by atoms with Crippen molar-refractivity contribution in [3.63, 3.8) is 0 Å². The number of rotatable bonds is 5. The molecular formula is C23H30FN3O2S. The first kappa shape index (κ1) is 20.3. The van der Waals surface area contributed by atoms with Crippen molar-refractivity contribution < 1.29 is 14.0 Å². The zero-order chi connectivity index (χ0) is 20.9. The number of thioether (sulfide) groups is 1. The molecule has 6 rings (SSSR count). The van der Waals surface area contributed by atoms with Gasteiger partial charge in [-0.2, -0.15) is 11.8 Å². The Balaban J connectivity index is 1.29. The Labute approximate surface area is 181 Å². The van der Waals surface area contributed by atoms with Gasteiger partial charge in [-0.05, 0) is 55.9 Å². The first-order valence-electron chi connectivity index (χ1n) is 11.1. The second-order valence-corrected chi connectivity index (χ2v) is 11.0. The van der Waals surface area contributed by atoms with E-state index in [1.807, 2.05) is 6.07 Å². The molecule has 3 N–H and O–H groups in total. The normalized spacial score (nSPS) is 37.8. The lowest BCUT2D eigenvalue weighted by atomic mass is 9.47. The van der Waals surface area contributed by atoms with Gasteiger partial charge in [-0.15, -0.1) is 0 Å². The second-order valence-electron chi connectivity index (χ2n) is 9.80. The topological polar surface area (TPSA) is 75.4 Å². The molecule has 4 aliphatic carbocycles. The molecular weight excluding hydrogens is 401 g/mol. The Kier molecular flexibility index (Phi) is 5.30. The van der Waals surface area contributed by atoms with Crippen LogP contribution in [0.4, 0.5) is 4.39 Å². The van der Waals surface area contributed by atoms with E-state index in [1.165, 1.54) is 6.07 Å². The number of carbonyl (C=O) groups is 2. The van der Waals surface area contributed by atoms with Crippen LogP contribution in [-0.4, -0.2) is 46.8 Å². The van der Waals surface area contributed by atoms with Crippen LogP contribution in [0.5, 0.6) is 0 Å². The Bertz CT molecular complexity index is 833. The minimum atomic E-state index is -0.338. The highest BCUT2D eigenvalue weighted by atomic mass is 32.2. The van der Waals surface area contributed by atoms with Crippen molar-refractivity contribution in [2.24, 2.45) is 28.9 Å². The van der Waals surface area contributed by atoms with Crippen LogP contribution < -0.4 is 11.1 Å². The van der Waals surface area contributed by atoms with Crippen LogP contribution in [0.2, 0.25) is 0 Å². The van der Waals surface area contributed by atoms with Crippen molar-refractivity contribution in [1.29, 1.82) is 0 Å². The molecule has 5 nitrogen and oxygen atoms in total. The van der Waals surface area contributed by atoms with E-state index in [0.717, 1.165) is 50.2 Å². The smallest absolute Gasteiger partial charge is 0.238 e. The predicted octanol–water partition coefficient (Wildman–Crippen LogP) is 2.54. The molecule has 0 radical (unpaired) electrons. The van der Waals surface area contributed by atoms with Crippen LogP contribution in [0.25, 0.3) is 0 Å². The molecule has 1 heterocycles. The summed E-state index contributed by atoms with van der Waals surface area (Å²) < 4.78 is 14.2. The molecule has 3 atom stereocenters. The van der Waals surface area contributed by atoms with Crippen LogP contribution in [0.15, 0.2) is 24.3 Å². The van der Waals surface area contributed by atoms with Gasteiger partial charge in [0.2, 0.25) is 11.8 Å². The fourth-order valence-corrected chi connectivity index (χ4v) is 7.85. The van der Waals surface area contributed by atoms with E-state index in [4.69, 9.17) is 5.73 Å². The van der Waals surface area contributed by atoms with Crippen LogP contribution in [0.1, 0.15) is 37.7 Å². The van der Waals surface area contributed by atoms with Gasteiger partial charge in [0.1, 0.15) is 5.82 Å². The Morgan fingerprint density at radius 2 is 1.93 bits per heavy atom. The van der Waals surface area contributed by atoms with Gasteiger partial charge in [-0.25, -0.2) is 4.39 Å². The summed E-state index contributed by atoms with van der Waals surface area (Å²) in [6, 6.07) is 6.71. The zero-order valence-electron chi connectivity index (χ0n) is 17.2. The lowest BCUT2D eigenvalue weighted by Crippen LogP contribution is -2.64. The summed E-state index contributed by atoms with van der Waals surface area (Å²) in [7, 11) is 0. The number of benzene rings is 1. The zero-order valence-corrected chi connectivity index (χ0v) is 18.0. The number of nitrogens with two attached hydrogens (primary N) is 1. The summed E-state index contributed by atoms with van der Waals surface area (Å²) in [5, 5.41) is 3.38. The minimum Gasteiger partial charge on any atom is -0.369 e. The number of nitrogens with zero attached hydrogens (tertiary/aromatic N) is 1. The highest BCUT2D eigenvalue weighted by Crippen LogP contribution is 2.59. The third-order valence-electron chi connectivity index (χ3n) is 7.98. The molecule has 0 spiro atoms. The Hall–Kier alpha value is -1.60. The van der Waals surface area contributed by atoms with Crippen molar-refractivity contribution in [1.82, 2.24) is 10.2 Å². The van der Waals surface area contributed by atoms with Gasteiger partial charge < -0.3 is 11.1 Å². The predicted molar refractivity (Wildman–Crippen MR) is 115 cm³/mol. The summed E-state index contributed by atoms with van der Waals surface area (Å²) >= 11 is 1.79. The van der Waals surface area contributed by atoms with Crippen molar-refractivity contribution in [2.75, 3.05) is 18.1 Å². The van der Waals surface area contributed by atoms with E-state index in [1.54, 1.807) is 23.9 Å². The van der Waals surface area contributed by atoms with Crippen LogP contribution in [-0.2, 0) is 16.1 Å². The highest BCUT2D eigenvalue weighted by molar-refractivity contribution is 7.99. The van der Waals surface area contributed by atoms with Gasteiger partial charge in [0.15, 0.2) is 0 Å². The van der Waals surface area contributed by atoms with Crippen LogP contribution in [0.3, 0.4) is 0 Å². The van der Waals surface area contributed by atoms with Crippen molar-refractivity contribution in [2.45, 2.75) is 50.7 Å². The van der Waals surface area contributed by atoms with E-state index in [-0.39, 0.29) is 35.1 Å². The average molecular weight is 432 g/mol. The van der Waals surface area contributed by atoms with E-state index in [9.17, 15) is 14.0 Å². The van der Waals surface area contributed by atoms with Gasteiger partial charge >= 0.3 is 0 Å². The SMILES string of the molecule is NC(=O)C12CC3CC(C1)C(NC(=O)C1CSCCN1Cc1ccccc1F)C(C3)C2. The molecule has 3 unspecified atom stereocenters. The number of primary amides is 1. The second kappa shape index (κ2) is 7.83. The number of nitrogens with one attached hydrogen (secondary N) is 1. The molecule has 4 bridgehead atoms. The molecule has 5 fully saturated rings. The van der Waals surface area contributed by atoms with Crippen LogP contribution in [0, 0.1) is 29.0 Å². The molecule has 4 saturated carbocycles. The van der Waals surface area contributed by atoms with E-state index < -0.39 is 0 Å². The molecule has 2 amide bonds. The Morgan fingerprint density at radius 3 is 2.63 bits per heavy atom. The number of carbonyl (C=O) groups excluding carboxylic acids is 2. The molecule has 1 saturated heterocycles. The molecule has 162 valence electrons. The number of hydrogen-bond acceptors (Lipinski definition) is 4. The maximum absolute atomic E-state index is 14.2. The van der Waals surface area contributed by atoms with E-state index >= 15 is 0 Å². The monoisotopic (exact) mass is 431 g/mol. The molecule has 7 heteroatoms. The first-order valence-corrected chi connectivity index (χ1v) is 12.3. The van der Waals surface area contributed by atoms with Crippen molar-refractivity contribution in [3.8, 4) is 0 Å². The quantitative estimate of drug-likeness (QED) is 0.751. The lowest BCUT2D eigenvalue weighted by Gasteiger charge is -2.59. The largest absolute Gasteiger partial charge is 0.369 e. The van der Waals surface area contributed by atoms with Gasteiger partial charge in [-0.1, -0.05) is 18.2 Å². The molecule has 1 aromatic carbocycles. The highest BCUT2D eigenvalue weighted by Gasteiger charge is 2.58. The van der Waals surface area contributed by atoms with Crippen molar-refractivity contribution in [3.05, 3.63) is 35.6 Å². The summed E-state index contributed by atoms with van der Waals surface area (Å²) in [5.74, 6) is 2.66. The number of amides is 2. The summed E-state index contributed by atoms with van der Waals surface area (Å²) in [4.78, 5) is 27.6. The summed E-state index contributed by atoms with van der Waals surface area (Å²) in [6.07, 6.45) is 4.76. The van der Waals surface area contributed by atoms with Crippen molar-refractivity contribution >= 4 is 23.6 Å². The molecule has 1 aliphatic heterocycles. The summed E-state index contributed by atoms with van der Waals surface area (Å²) in [5.41, 5.74) is 6.09. The van der Waals surface area contributed by atoms with Gasteiger partial charge in [0, 0.05) is 41.6 Å². The first-order chi connectivity index (χ1) is 14.4.